The van der Waals surface area contributed by atoms with Gasteiger partial charge in [0.15, 0.2) is 0 Å². The van der Waals surface area contributed by atoms with E-state index in [-0.39, 0.29) is 24.5 Å². The molecule has 1 heterocycles. The van der Waals surface area contributed by atoms with Crippen molar-refractivity contribution in [2.24, 2.45) is 0 Å². The van der Waals surface area contributed by atoms with E-state index < -0.39 is 0 Å². The van der Waals surface area contributed by atoms with E-state index >= 15 is 0 Å². The minimum atomic E-state index is -0.183. The summed E-state index contributed by atoms with van der Waals surface area (Å²) in [5.74, 6) is -0.291. The van der Waals surface area contributed by atoms with E-state index in [1.54, 1.807) is 4.90 Å². The highest BCUT2D eigenvalue weighted by Gasteiger charge is 2.22. The van der Waals surface area contributed by atoms with Gasteiger partial charge in [-0.1, -0.05) is 0 Å². The van der Waals surface area contributed by atoms with E-state index in [9.17, 15) is 9.59 Å². The maximum Gasteiger partial charge on any atom is 0.244 e. The molecule has 26 heavy (non-hydrogen) atoms. The second kappa shape index (κ2) is 9.57. The molecule has 0 spiro atoms. The van der Waals surface area contributed by atoms with E-state index in [0.29, 0.717) is 6.54 Å². The topological polar surface area (TPSA) is 61.9 Å². The van der Waals surface area contributed by atoms with Crippen molar-refractivity contribution in [1.82, 2.24) is 4.90 Å². The molecule has 2 rings (SSSR count). The Kier molecular flexibility index (Phi) is 7.45. The molecule has 1 aromatic carbocycles. The molecule has 1 atom stereocenters. The Morgan fingerprint density at radius 3 is 2.54 bits per heavy atom. The number of carbonyl (C=O) groups excluding carboxylic acids is 2. The normalized spacial score (nSPS) is 16.4. The van der Waals surface area contributed by atoms with E-state index in [4.69, 9.17) is 4.74 Å². The van der Waals surface area contributed by atoms with Crippen LogP contribution in [-0.4, -0.2) is 55.6 Å². The van der Waals surface area contributed by atoms with Crippen molar-refractivity contribution in [1.29, 1.82) is 0 Å². The first-order valence-corrected chi connectivity index (χ1v) is 9.47. The minimum Gasteiger partial charge on any atom is -0.376 e. The molecule has 1 aliphatic rings. The fourth-order valence-corrected chi connectivity index (χ4v) is 3.28. The van der Waals surface area contributed by atoms with Crippen LogP contribution in [0.25, 0.3) is 0 Å². The van der Waals surface area contributed by atoms with Crippen LogP contribution < -0.4 is 10.2 Å². The van der Waals surface area contributed by atoms with Gasteiger partial charge >= 0.3 is 0 Å². The van der Waals surface area contributed by atoms with Crippen molar-refractivity contribution in [3.8, 4) is 0 Å². The van der Waals surface area contributed by atoms with Gasteiger partial charge in [0.25, 0.3) is 0 Å². The predicted molar refractivity (Wildman–Crippen MR) is 105 cm³/mol. The van der Waals surface area contributed by atoms with Gasteiger partial charge in [-0.3, -0.25) is 9.59 Å². The molecule has 0 aliphatic carbocycles. The zero-order valence-corrected chi connectivity index (χ0v) is 16.4. The van der Waals surface area contributed by atoms with Crippen LogP contribution in [0.3, 0.4) is 0 Å². The highest BCUT2D eigenvalue weighted by molar-refractivity contribution is 5.95. The van der Waals surface area contributed by atoms with Crippen LogP contribution in [-0.2, 0) is 14.3 Å². The lowest BCUT2D eigenvalue weighted by molar-refractivity contribution is -0.134. The summed E-state index contributed by atoms with van der Waals surface area (Å²) < 4.78 is 5.58. The van der Waals surface area contributed by atoms with Crippen molar-refractivity contribution >= 4 is 23.2 Å². The molecule has 1 saturated heterocycles. The van der Waals surface area contributed by atoms with E-state index in [2.05, 4.69) is 30.1 Å². The summed E-state index contributed by atoms with van der Waals surface area (Å²) in [6.07, 6.45) is 2.00. The number of benzene rings is 1. The number of anilines is 2. The third-order valence-electron chi connectivity index (χ3n) is 4.84. The first-order valence-electron chi connectivity index (χ1n) is 9.47. The van der Waals surface area contributed by atoms with Crippen LogP contribution in [0.5, 0.6) is 0 Å². The Morgan fingerprint density at radius 1 is 1.27 bits per heavy atom. The summed E-state index contributed by atoms with van der Waals surface area (Å²) in [5, 5.41) is 2.93. The van der Waals surface area contributed by atoms with Crippen LogP contribution in [0.2, 0.25) is 0 Å². The lowest BCUT2D eigenvalue weighted by Crippen LogP contribution is -2.41. The summed E-state index contributed by atoms with van der Waals surface area (Å²) in [6, 6.07) is 6.03. The molecule has 6 nitrogen and oxygen atoms in total. The summed E-state index contributed by atoms with van der Waals surface area (Å²) in [6.45, 7) is 10.9. The fraction of sp³-hybridized carbons (Fsp3) is 0.600. The van der Waals surface area contributed by atoms with Gasteiger partial charge in [0.1, 0.15) is 0 Å². The van der Waals surface area contributed by atoms with E-state index in [0.717, 1.165) is 49.5 Å². The fourth-order valence-electron chi connectivity index (χ4n) is 3.28. The molecular formula is C20H31N3O3. The maximum atomic E-state index is 12.4. The van der Waals surface area contributed by atoms with Gasteiger partial charge in [0, 0.05) is 44.5 Å². The summed E-state index contributed by atoms with van der Waals surface area (Å²) in [5.41, 5.74) is 2.94. The van der Waals surface area contributed by atoms with Crippen molar-refractivity contribution in [2.45, 2.75) is 46.6 Å². The van der Waals surface area contributed by atoms with Gasteiger partial charge in [-0.2, -0.15) is 0 Å². The molecule has 1 aliphatic heterocycles. The quantitative estimate of drug-likeness (QED) is 0.773. The van der Waals surface area contributed by atoms with Crippen molar-refractivity contribution < 1.29 is 14.3 Å². The average Bonchev–Trinajstić information content (AvgIpc) is 3.10. The summed E-state index contributed by atoms with van der Waals surface area (Å²) in [7, 11) is 0. The van der Waals surface area contributed by atoms with Gasteiger partial charge in [-0.15, -0.1) is 0 Å². The molecule has 0 saturated carbocycles. The number of hydrogen-bond acceptors (Lipinski definition) is 4. The predicted octanol–water partition coefficient (Wildman–Crippen LogP) is 2.81. The van der Waals surface area contributed by atoms with Crippen LogP contribution in [0, 0.1) is 6.92 Å². The largest absolute Gasteiger partial charge is 0.376 e. The highest BCUT2D eigenvalue weighted by atomic mass is 16.5. The lowest BCUT2D eigenvalue weighted by atomic mass is 10.1. The summed E-state index contributed by atoms with van der Waals surface area (Å²) in [4.78, 5) is 28.1. The summed E-state index contributed by atoms with van der Waals surface area (Å²) >= 11 is 0. The minimum absolute atomic E-state index is 0.0433. The number of aryl methyl sites for hydroxylation is 1. The highest BCUT2D eigenvalue weighted by Crippen LogP contribution is 2.22. The molecule has 1 unspecified atom stereocenters. The number of hydrogen-bond donors (Lipinski definition) is 1. The number of nitrogens with one attached hydrogen (secondary N) is 1. The number of ether oxygens (including phenoxy) is 1. The van der Waals surface area contributed by atoms with Gasteiger partial charge in [-0.05, 0) is 57.4 Å². The van der Waals surface area contributed by atoms with Gasteiger partial charge in [-0.25, -0.2) is 0 Å². The molecular weight excluding hydrogens is 330 g/mol. The van der Waals surface area contributed by atoms with Crippen molar-refractivity contribution in [2.75, 3.05) is 43.0 Å². The Bertz CT molecular complexity index is 623. The smallest absolute Gasteiger partial charge is 0.244 e. The Labute approximate surface area is 156 Å². The van der Waals surface area contributed by atoms with Crippen LogP contribution in [0.1, 0.15) is 39.2 Å². The third-order valence-corrected chi connectivity index (χ3v) is 4.84. The second-order valence-corrected chi connectivity index (χ2v) is 6.75. The zero-order valence-electron chi connectivity index (χ0n) is 16.4. The lowest BCUT2D eigenvalue weighted by Gasteiger charge is -2.24. The Hall–Kier alpha value is -2.08. The van der Waals surface area contributed by atoms with Gasteiger partial charge in [0.05, 0.1) is 12.6 Å². The molecule has 1 fully saturated rings. The molecule has 1 N–H and O–H groups in total. The number of carbonyl (C=O) groups is 2. The average molecular weight is 361 g/mol. The van der Waals surface area contributed by atoms with E-state index in [1.165, 1.54) is 6.92 Å². The van der Waals surface area contributed by atoms with Crippen LogP contribution in [0.15, 0.2) is 18.2 Å². The van der Waals surface area contributed by atoms with Crippen LogP contribution >= 0.6 is 0 Å². The molecule has 0 bridgehead atoms. The van der Waals surface area contributed by atoms with Crippen LogP contribution in [0.4, 0.5) is 11.4 Å². The van der Waals surface area contributed by atoms with Gasteiger partial charge in [0.2, 0.25) is 11.8 Å². The molecule has 2 amide bonds. The molecule has 6 heteroatoms. The van der Waals surface area contributed by atoms with Crippen molar-refractivity contribution in [3.05, 3.63) is 23.8 Å². The molecule has 1 aromatic rings. The first kappa shape index (κ1) is 20.2. The standard InChI is InChI=1S/C20H31N3O3/c1-5-22(6-2)17-9-10-19(15(3)12-17)21-20(25)14-23(16(4)24)13-18-8-7-11-26-18/h9-10,12,18H,5-8,11,13-14H2,1-4H3,(H,21,25). The SMILES string of the molecule is CCN(CC)c1ccc(NC(=O)CN(CC2CCCO2)C(C)=O)c(C)c1. The second-order valence-electron chi connectivity index (χ2n) is 6.75. The third kappa shape index (κ3) is 5.46. The zero-order chi connectivity index (χ0) is 19.1. The molecule has 0 radical (unpaired) electrons. The first-order chi connectivity index (χ1) is 12.4. The monoisotopic (exact) mass is 361 g/mol. The number of rotatable bonds is 8. The number of amides is 2. The molecule has 144 valence electrons. The van der Waals surface area contributed by atoms with Gasteiger partial charge < -0.3 is 19.9 Å². The maximum absolute atomic E-state index is 12.4. The Morgan fingerprint density at radius 2 is 2.00 bits per heavy atom. The van der Waals surface area contributed by atoms with Crippen molar-refractivity contribution in [3.63, 3.8) is 0 Å². The van der Waals surface area contributed by atoms with E-state index in [1.807, 2.05) is 19.1 Å². The molecule has 0 aromatic heterocycles. The Balaban J connectivity index is 1.98. The number of nitrogens with zero attached hydrogens (tertiary/aromatic N) is 2.